The van der Waals surface area contributed by atoms with Gasteiger partial charge in [0.15, 0.2) is 5.78 Å². The van der Waals surface area contributed by atoms with Crippen LogP contribution in [0.2, 0.25) is 0 Å². The minimum absolute atomic E-state index is 0.0316. The van der Waals surface area contributed by atoms with Crippen LogP contribution in [0.1, 0.15) is 61.4 Å². The number of phenolic OH excluding ortho intramolecular Hbond substituents is 1. The smallest absolute Gasteiger partial charge is 0.312 e. The number of thiazole rings is 1. The van der Waals surface area contributed by atoms with Crippen LogP contribution in [-0.2, 0) is 16.8 Å². The quantitative estimate of drug-likeness (QED) is 0.192. The highest BCUT2D eigenvalue weighted by atomic mass is 32.1. The Labute approximate surface area is 257 Å². The third-order valence-corrected chi connectivity index (χ3v) is 8.78. The van der Waals surface area contributed by atoms with E-state index in [9.17, 15) is 29.2 Å². The van der Waals surface area contributed by atoms with Gasteiger partial charge in [0.25, 0.3) is 5.56 Å². The molecule has 1 saturated carbocycles. The van der Waals surface area contributed by atoms with Crippen molar-refractivity contribution in [1.29, 1.82) is 0 Å². The van der Waals surface area contributed by atoms with Gasteiger partial charge in [-0.2, -0.15) is 0 Å². The summed E-state index contributed by atoms with van der Waals surface area (Å²) in [6, 6.07) is 11.4. The van der Waals surface area contributed by atoms with Gasteiger partial charge in [0.1, 0.15) is 22.0 Å². The fourth-order valence-electron chi connectivity index (χ4n) is 5.02. The van der Waals surface area contributed by atoms with Crippen molar-refractivity contribution in [3.63, 3.8) is 0 Å². The normalized spacial score (nSPS) is 14.2. The lowest BCUT2D eigenvalue weighted by Crippen LogP contribution is -2.32. The van der Waals surface area contributed by atoms with Gasteiger partial charge in [0.05, 0.1) is 16.0 Å². The highest BCUT2D eigenvalue weighted by Crippen LogP contribution is 2.37. The molecule has 1 heterocycles. The first-order chi connectivity index (χ1) is 20.7. The largest absolute Gasteiger partial charge is 0.507 e. The second kappa shape index (κ2) is 11.8. The number of aromatic hydroxyl groups is 1. The number of nitro groups is 1. The van der Waals surface area contributed by atoms with E-state index in [0.29, 0.717) is 20.3 Å². The van der Waals surface area contributed by atoms with Gasteiger partial charge in [-0.3, -0.25) is 24.3 Å². The molecule has 0 radical (unpaired) electrons. The number of rotatable bonds is 8. The van der Waals surface area contributed by atoms with Crippen LogP contribution in [-0.4, -0.2) is 20.4 Å². The van der Waals surface area contributed by atoms with E-state index >= 15 is 0 Å². The Morgan fingerprint density at radius 2 is 1.84 bits per heavy atom. The first-order valence-electron chi connectivity index (χ1n) is 14.2. The molecule has 0 unspecified atom stereocenters. The summed E-state index contributed by atoms with van der Waals surface area (Å²) in [6.45, 7) is 9.98. The van der Waals surface area contributed by atoms with E-state index in [-0.39, 0.29) is 52.2 Å². The number of hydrogen-bond acceptors (Lipinski definition) is 7. The number of aryl methyl sites for hydroxylation is 1. The molecule has 1 aliphatic carbocycles. The standard InChI is InChI=1S/C34H33FN2O6S/c1-19-14-26(34(3,4)5)32(39)20(2)25(19)18-36-31(17-28(38)22-7-8-22)44-30(33(36)40)16-21-6-13-29(27(15-21)37(41)42)43-24-11-9-23(35)10-12-24/h6,9-17,22,39H,7-8,18H2,1-5H3/b30-16-,31-17+. The molecule has 0 amide bonds. The second-order valence-corrected chi connectivity index (χ2v) is 13.2. The summed E-state index contributed by atoms with van der Waals surface area (Å²) in [5.41, 5.74) is 2.63. The number of ketones is 1. The van der Waals surface area contributed by atoms with Gasteiger partial charge in [-0.1, -0.05) is 32.9 Å². The number of nitrogens with zero attached hydrogens (tertiary/aromatic N) is 2. The number of hydrogen-bond donors (Lipinski definition) is 1. The van der Waals surface area contributed by atoms with Gasteiger partial charge in [0, 0.05) is 18.1 Å². The Hall–Kier alpha value is -4.57. The van der Waals surface area contributed by atoms with E-state index < -0.39 is 10.7 Å². The van der Waals surface area contributed by atoms with Gasteiger partial charge < -0.3 is 9.84 Å². The third-order valence-electron chi connectivity index (χ3n) is 7.72. The van der Waals surface area contributed by atoms with Gasteiger partial charge in [-0.05, 0) is 96.3 Å². The van der Waals surface area contributed by atoms with Crippen molar-refractivity contribution in [2.24, 2.45) is 5.92 Å². The molecule has 0 atom stereocenters. The van der Waals surface area contributed by atoms with Gasteiger partial charge in [-0.15, -0.1) is 11.3 Å². The molecular weight excluding hydrogens is 583 g/mol. The van der Waals surface area contributed by atoms with E-state index in [1.807, 2.05) is 40.7 Å². The van der Waals surface area contributed by atoms with E-state index in [1.165, 1.54) is 47.0 Å². The highest BCUT2D eigenvalue weighted by molar-refractivity contribution is 7.07. The van der Waals surface area contributed by atoms with E-state index in [2.05, 4.69) is 0 Å². The Bertz CT molecular complexity index is 1960. The summed E-state index contributed by atoms with van der Waals surface area (Å²) in [5.74, 6) is -0.149. The zero-order valence-electron chi connectivity index (χ0n) is 25.1. The predicted octanol–water partition coefficient (Wildman–Crippen LogP) is 6.01. The van der Waals surface area contributed by atoms with E-state index in [0.717, 1.165) is 40.9 Å². The van der Waals surface area contributed by atoms with Crippen molar-refractivity contribution >= 4 is 35.0 Å². The summed E-state index contributed by atoms with van der Waals surface area (Å²) >= 11 is 1.14. The molecule has 3 aromatic carbocycles. The average molecular weight is 617 g/mol. The number of phenols is 1. The molecular formula is C34H33FN2O6S. The molecule has 1 N–H and O–H groups in total. The predicted molar refractivity (Wildman–Crippen MR) is 169 cm³/mol. The van der Waals surface area contributed by atoms with Crippen molar-refractivity contribution in [2.75, 3.05) is 0 Å². The van der Waals surface area contributed by atoms with Crippen LogP contribution in [0.3, 0.4) is 0 Å². The van der Waals surface area contributed by atoms with E-state index in [4.69, 9.17) is 4.74 Å². The first-order valence-corrected chi connectivity index (χ1v) is 15.1. The van der Waals surface area contributed by atoms with Gasteiger partial charge in [0.2, 0.25) is 5.75 Å². The topological polar surface area (TPSA) is 112 Å². The highest BCUT2D eigenvalue weighted by Gasteiger charge is 2.28. The molecule has 44 heavy (non-hydrogen) atoms. The van der Waals surface area contributed by atoms with Crippen LogP contribution < -0.4 is 19.5 Å². The molecule has 1 aromatic heterocycles. The van der Waals surface area contributed by atoms with E-state index in [1.54, 1.807) is 12.1 Å². The molecule has 8 nitrogen and oxygen atoms in total. The lowest BCUT2D eigenvalue weighted by Gasteiger charge is -2.24. The fourth-order valence-corrected chi connectivity index (χ4v) is 6.07. The van der Waals surface area contributed by atoms with Crippen LogP contribution in [0, 0.1) is 35.7 Å². The molecule has 0 saturated heterocycles. The number of carbonyl (C=O) groups excluding carboxylic acids is 1. The maximum Gasteiger partial charge on any atom is 0.312 e. The number of aromatic nitrogens is 1. The Balaban J connectivity index is 1.60. The van der Waals surface area contributed by atoms with Gasteiger partial charge >= 0.3 is 5.69 Å². The Kier molecular flexibility index (Phi) is 8.31. The summed E-state index contributed by atoms with van der Waals surface area (Å²) in [7, 11) is 0. The Morgan fingerprint density at radius 1 is 1.16 bits per heavy atom. The van der Waals surface area contributed by atoms with Crippen molar-refractivity contribution in [1.82, 2.24) is 4.57 Å². The molecule has 0 bridgehead atoms. The number of halogens is 1. The summed E-state index contributed by atoms with van der Waals surface area (Å²) in [5, 5.41) is 22.9. The summed E-state index contributed by atoms with van der Waals surface area (Å²) < 4.78 is 21.2. The number of nitro benzene ring substituents is 1. The second-order valence-electron chi connectivity index (χ2n) is 12.1. The number of ether oxygens (including phenoxy) is 1. The SMILES string of the molecule is Cc1cc(C(C)(C)C)c(O)c(C)c1Cn1c(=O)/c(=C/c2ccc(Oc3ccc(F)cc3)c([N+](=O)[O-])c2)s/c1=C/C(=O)C1CC1. The molecule has 0 spiro atoms. The molecule has 1 aliphatic rings. The van der Waals surface area contributed by atoms with Crippen LogP contribution in [0.25, 0.3) is 12.2 Å². The van der Waals surface area contributed by atoms with Gasteiger partial charge in [-0.25, -0.2) is 4.39 Å². The molecule has 1 fully saturated rings. The van der Waals surface area contributed by atoms with Crippen LogP contribution in [0.4, 0.5) is 10.1 Å². The fraction of sp³-hybridized carbons (Fsp3) is 0.294. The first kappa shape index (κ1) is 30.9. The molecule has 0 aliphatic heterocycles. The zero-order valence-corrected chi connectivity index (χ0v) is 26.0. The van der Waals surface area contributed by atoms with Crippen molar-refractivity contribution in [3.05, 3.63) is 112 Å². The van der Waals surface area contributed by atoms with Crippen LogP contribution >= 0.6 is 11.3 Å². The molecule has 10 heteroatoms. The minimum Gasteiger partial charge on any atom is -0.507 e. The lowest BCUT2D eigenvalue weighted by molar-refractivity contribution is -0.385. The third kappa shape index (κ3) is 6.50. The maximum atomic E-state index is 13.8. The van der Waals surface area contributed by atoms with Crippen LogP contribution in [0.5, 0.6) is 17.2 Å². The number of Topliss-reactive ketones (excluding diaryl/α,β-unsaturated/α-hetero) is 1. The molecule has 5 rings (SSSR count). The summed E-state index contributed by atoms with van der Waals surface area (Å²) in [6.07, 6.45) is 4.70. The summed E-state index contributed by atoms with van der Waals surface area (Å²) in [4.78, 5) is 37.9. The maximum absolute atomic E-state index is 13.8. The number of carbonyl (C=O) groups is 1. The monoisotopic (exact) mass is 616 g/mol. The average Bonchev–Trinajstić information content (AvgIpc) is 3.77. The van der Waals surface area contributed by atoms with Crippen molar-refractivity contribution in [2.45, 2.75) is 59.4 Å². The lowest BCUT2D eigenvalue weighted by atomic mass is 9.82. The molecule has 4 aromatic rings. The van der Waals surface area contributed by atoms with Crippen molar-refractivity contribution in [3.8, 4) is 17.2 Å². The Morgan fingerprint density at radius 3 is 2.45 bits per heavy atom. The number of benzene rings is 3. The van der Waals surface area contributed by atoms with Crippen molar-refractivity contribution < 1.29 is 24.0 Å². The van der Waals surface area contributed by atoms with Crippen LogP contribution in [0.15, 0.2) is 53.3 Å². The minimum atomic E-state index is -0.588. The zero-order chi connectivity index (χ0) is 31.9. The molecule has 228 valence electrons.